The highest BCUT2D eigenvalue weighted by atomic mass is 32.2. The van der Waals surface area contributed by atoms with Crippen LogP contribution in [0.1, 0.15) is 25.0 Å². The van der Waals surface area contributed by atoms with Crippen LogP contribution >= 0.6 is 11.8 Å². The molecule has 0 saturated heterocycles. The fourth-order valence-electron chi connectivity index (χ4n) is 10.9. The molecule has 10 aromatic carbocycles. The Hall–Kier alpha value is -8.57. The van der Waals surface area contributed by atoms with E-state index in [4.69, 9.17) is 9.97 Å². The lowest BCUT2D eigenvalue weighted by atomic mass is 9.81. The van der Waals surface area contributed by atoms with Crippen LogP contribution in [-0.2, 0) is 5.41 Å². The van der Waals surface area contributed by atoms with E-state index in [1.54, 1.807) is 11.8 Å². The highest BCUT2D eigenvalue weighted by Gasteiger charge is 2.38. The summed E-state index contributed by atoms with van der Waals surface area (Å²) >= 11 is 1.61. The summed E-state index contributed by atoms with van der Waals surface area (Å²) in [5.74, 6) is 0. The third kappa shape index (κ3) is 7.65. The van der Waals surface area contributed by atoms with E-state index in [2.05, 4.69) is 267 Å². The molecule has 0 saturated carbocycles. The molecule has 1 aliphatic rings. The average Bonchev–Trinajstić information content (AvgIpc) is 3.89. The van der Waals surface area contributed by atoms with Gasteiger partial charge in [0.15, 0.2) is 5.16 Å². The van der Waals surface area contributed by atoms with Crippen molar-refractivity contribution in [2.75, 3.05) is 0 Å². The molecule has 3 nitrogen and oxygen atoms in total. The van der Waals surface area contributed by atoms with Gasteiger partial charge in [-0.05, 0) is 145 Å². The summed E-state index contributed by atoms with van der Waals surface area (Å²) in [4.78, 5) is 12.0. The van der Waals surface area contributed by atoms with E-state index in [1.807, 2.05) is 0 Å². The van der Waals surface area contributed by atoms with E-state index in [1.165, 1.54) is 44.1 Å². The fourth-order valence-corrected chi connectivity index (χ4v) is 11.7. The molecule has 2 heterocycles. The van der Waals surface area contributed by atoms with Gasteiger partial charge in [-0.1, -0.05) is 196 Å². The van der Waals surface area contributed by atoms with Crippen molar-refractivity contribution in [2.45, 2.75) is 29.3 Å². The summed E-state index contributed by atoms with van der Waals surface area (Å²) in [6.07, 6.45) is 0. The number of aromatic nitrogens is 3. The summed E-state index contributed by atoms with van der Waals surface area (Å²) in [5, 5.41) is 3.18. The Kier molecular flexibility index (Phi) is 10.4. The van der Waals surface area contributed by atoms with Crippen LogP contribution in [0.3, 0.4) is 0 Å². The van der Waals surface area contributed by atoms with Gasteiger partial charge in [0, 0.05) is 37.9 Å². The van der Waals surface area contributed by atoms with Gasteiger partial charge in [-0.3, -0.25) is 0 Å². The highest BCUT2D eigenvalue weighted by molar-refractivity contribution is 7.99. The summed E-state index contributed by atoms with van der Waals surface area (Å²) < 4.78 is 2.49. The third-order valence-corrected chi connectivity index (χ3v) is 15.1. The van der Waals surface area contributed by atoms with Gasteiger partial charge in [0.25, 0.3) is 0 Å². The van der Waals surface area contributed by atoms with Gasteiger partial charge in [-0.25, -0.2) is 9.97 Å². The van der Waals surface area contributed by atoms with Gasteiger partial charge < -0.3 is 4.57 Å². The van der Waals surface area contributed by atoms with Crippen molar-refractivity contribution >= 4 is 33.6 Å². The zero-order chi connectivity index (χ0) is 47.5. The topological polar surface area (TPSA) is 30.7 Å². The normalized spacial score (nSPS) is 12.5. The molecular formula is C67H47N3S. The molecule has 0 aliphatic heterocycles. The molecule has 0 atom stereocenters. The lowest BCUT2D eigenvalue weighted by molar-refractivity contribution is 0.664. The average molecular weight is 926 g/mol. The van der Waals surface area contributed by atoms with Crippen LogP contribution in [0.5, 0.6) is 0 Å². The van der Waals surface area contributed by atoms with Crippen molar-refractivity contribution < 1.29 is 0 Å². The molecule has 0 radical (unpaired) electrons. The van der Waals surface area contributed by atoms with Crippen molar-refractivity contribution in [3.8, 4) is 83.8 Å². The van der Waals surface area contributed by atoms with Crippen LogP contribution in [0.4, 0.5) is 0 Å². The fraction of sp³-hybridized carbons (Fsp3) is 0.0448. The summed E-state index contributed by atoms with van der Waals surface area (Å²) in [5.41, 5.74) is 21.6. The van der Waals surface area contributed by atoms with Gasteiger partial charge in [0.1, 0.15) is 0 Å². The van der Waals surface area contributed by atoms with Crippen molar-refractivity contribution in [3.63, 3.8) is 0 Å². The summed E-state index contributed by atoms with van der Waals surface area (Å²) in [6.45, 7) is 4.76. The van der Waals surface area contributed by atoms with E-state index < -0.39 is 0 Å². The smallest absolute Gasteiger partial charge is 0.193 e. The first kappa shape index (κ1) is 42.5. The number of para-hydroxylation sites is 1. The molecule has 0 fully saturated rings. The third-order valence-electron chi connectivity index (χ3n) is 14.2. The molecule has 71 heavy (non-hydrogen) atoms. The van der Waals surface area contributed by atoms with Gasteiger partial charge >= 0.3 is 0 Å². The quantitative estimate of drug-likeness (QED) is 0.135. The first-order chi connectivity index (χ1) is 34.9. The molecule has 0 unspecified atom stereocenters. The Labute approximate surface area is 418 Å². The number of nitrogens with zero attached hydrogens (tertiary/aromatic N) is 3. The molecule has 4 heteroatoms. The maximum atomic E-state index is 5.48. The van der Waals surface area contributed by atoms with E-state index in [-0.39, 0.29) is 5.41 Å². The minimum absolute atomic E-state index is 0.189. The van der Waals surface area contributed by atoms with E-state index in [9.17, 15) is 0 Å². The molecule has 13 rings (SSSR count). The van der Waals surface area contributed by atoms with Gasteiger partial charge in [-0.15, -0.1) is 0 Å². The van der Waals surface area contributed by atoms with Gasteiger partial charge in [0.2, 0.25) is 0 Å². The summed E-state index contributed by atoms with van der Waals surface area (Å²) in [6, 6.07) is 89.8. The molecule has 2 aromatic heterocycles. The van der Waals surface area contributed by atoms with Crippen LogP contribution in [0, 0.1) is 0 Å². The van der Waals surface area contributed by atoms with Gasteiger partial charge in [-0.2, -0.15) is 0 Å². The Morgan fingerprint density at radius 1 is 0.366 bits per heavy atom. The van der Waals surface area contributed by atoms with Crippen molar-refractivity contribution in [1.82, 2.24) is 14.5 Å². The predicted octanol–water partition coefficient (Wildman–Crippen LogP) is 18.0. The van der Waals surface area contributed by atoms with E-state index >= 15 is 0 Å². The number of benzene rings is 10. The van der Waals surface area contributed by atoms with Crippen LogP contribution in [0.2, 0.25) is 0 Å². The van der Waals surface area contributed by atoms with Crippen LogP contribution in [-0.4, -0.2) is 14.5 Å². The Morgan fingerprint density at radius 2 is 0.845 bits per heavy atom. The Balaban J connectivity index is 1.00. The van der Waals surface area contributed by atoms with Crippen LogP contribution in [0.25, 0.3) is 106 Å². The van der Waals surface area contributed by atoms with E-state index in [0.717, 1.165) is 77.6 Å². The minimum Gasteiger partial charge on any atom is -0.309 e. The Morgan fingerprint density at radius 3 is 1.39 bits per heavy atom. The maximum absolute atomic E-state index is 5.48. The molecule has 0 spiro atoms. The monoisotopic (exact) mass is 925 g/mol. The zero-order valence-electron chi connectivity index (χ0n) is 39.4. The number of fused-ring (bicyclic) bond motifs is 7. The lowest BCUT2D eigenvalue weighted by Crippen LogP contribution is -2.16. The second kappa shape index (κ2) is 17.4. The molecular weight excluding hydrogens is 879 g/mol. The van der Waals surface area contributed by atoms with Crippen molar-refractivity contribution in [2.24, 2.45) is 0 Å². The standard InChI is InChI=1S/C67H47N3S/c1-67(2)60-32-17-15-30-56(60)58-34-35-59-57-31-16-18-33-63(57)70(65(59)64(58)67)54-28-19-29-55(42-54)71-66-68-61(52-38-48(44-20-7-3-8-21-44)36-49(39-52)45-22-9-4-10-23-45)43-62(69-66)53-40-50(46-24-11-5-12-25-46)37-51(41-53)47-26-13-6-14-27-47/h3-43H,1-2H3. The first-order valence-corrected chi connectivity index (χ1v) is 25.1. The first-order valence-electron chi connectivity index (χ1n) is 24.3. The number of rotatable bonds is 9. The van der Waals surface area contributed by atoms with Crippen molar-refractivity contribution in [3.05, 3.63) is 260 Å². The lowest BCUT2D eigenvalue weighted by Gasteiger charge is -2.23. The predicted molar refractivity (Wildman–Crippen MR) is 297 cm³/mol. The minimum atomic E-state index is -0.189. The number of hydrogen-bond acceptors (Lipinski definition) is 3. The van der Waals surface area contributed by atoms with Crippen molar-refractivity contribution in [1.29, 1.82) is 0 Å². The maximum Gasteiger partial charge on any atom is 0.193 e. The molecule has 12 aromatic rings. The Bertz CT molecular complexity index is 3710. The highest BCUT2D eigenvalue weighted by Crippen LogP contribution is 2.53. The summed E-state index contributed by atoms with van der Waals surface area (Å²) in [7, 11) is 0. The molecule has 336 valence electrons. The molecule has 1 aliphatic carbocycles. The number of hydrogen-bond donors (Lipinski definition) is 0. The SMILES string of the molecule is CC1(C)c2ccccc2-c2ccc3c4ccccc4n(-c4cccc(Sc5nc(-c6cc(-c7ccccc7)cc(-c7ccccc7)c6)cc(-c6cc(-c7ccccc7)cc(-c7ccccc7)c6)n5)c4)c3c21. The van der Waals surface area contributed by atoms with Gasteiger partial charge in [0.05, 0.1) is 22.4 Å². The second-order valence-corrected chi connectivity index (χ2v) is 20.0. The van der Waals surface area contributed by atoms with Crippen LogP contribution < -0.4 is 0 Å². The molecule has 0 amide bonds. The largest absolute Gasteiger partial charge is 0.309 e. The molecule has 0 bridgehead atoms. The van der Waals surface area contributed by atoms with E-state index in [0.29, 0.717) is 5.16 Å². The molecule has 0 N–H and O–H groups in total. The zero-order valence-corrected chi connectivity index (χ0v) is 40.2. The van der Waals surface area contributed by atoms with Crippen LogP contribution in [0.15, 0.2) is 259 Å². The second-order valence-electron chi connectivity index (χ2n) is 19.0.